The van der Waals surface area contributed by atoms with Crippen molar-refractivity contribution >= 4 is 17.8 Å². The Kier molecular flexibility index (Phi) is 3.60. The fourth-order valence-electron chi connectivity index (χ4n) is 1.29. The lowest BCUT2D eigenvalue weighted by Crippen LogP contribution is -2.33. The molecule has 0 radical (unpaired) electrons. The Bertz CT molecular complexity index is 332. The molecule has 0 fully saturated rings. The Morgan fingerprint density at radius 1 is 1.47 bits per heavy atom. The van der Waals surface area contributed by atoms with Gasteiger partial charge in [-0.25, -0.2) is 0 Å². The number of amides is 2. The zero-order valence-electron chi connectivity index (χ0n) is 8.78. The van der Waals surface area contributed by atoms with Crippen molar-refractivity contribution < 1.29 is 19.1 Å². The highest BCUT2D eigenvalue weighted by Gasteiger charge is 2.28. The lowest BCUT2D eigenvalue weighted by molar-refractivity contribution is -0.144. The first-order valence-electron chi connectivity index (χ1n) is 4.76. The molecule has 0 saturated heterocycles. The first kappa shape index (κ1) is 11.4. The monoisotopic (exact) mass is 211 g/mol. The second-order valence-corrected chi connectivity index (χ2v) is 3.18. The van der Waals surface area contributed by atoms with Crippen LogP contribution in [0.4, 0.5) is 0 Å². The Hall–Kier alpha value is -1.65. The molecule has 2 amide bonds. The molecule has 5 heteroatoms. The van der Waals surface area contributed by atoms with Crippen molar-refractivity contribution in [2.24, 2.45) is 0 Å². The summed E-state index contributed by atoms with van der Waals surface area (Å²) in [5.41, 5.74) is 0.406. The zero-order valence-corrected chi connectivity index (χ0v) is 8.78. The van der Waals surface area contributed by atoms with Gasteiger partial charge < -0.3 is 4.74 Å². The van der Waals surface area contributed by atoms with Crippen LogP contribution < -0.4 is 0 Å². The van der Waals surface area contributed by atoms with Crippen LogP contribution in [0.1, 0.15) is 20.3 Å². The third-order valence-corrected chi connectivity index (χ3v) is 2.03. The largest absolute Gasteiger partial charge is 0.466 e. The summed E-state index contributed by atoms with van der Waals surface area (Å²) in [5.74, 6) is -1.09. The number of hydrogen-bond acceptors (Lipinski definition) is 4. The van der Waals surface area contributed by atoms with E-state index in [9.17, 15) is 14.4 Å². The average molecular weight is 211 g/mol. The number of carbonyl (C=O) groups excluding carboxylic acids is 3. The van der Waals surface area contributed by atoms with E-state index in [1.165, 1.54) is 6.08 Å². The van der Waals surface area contributed by atoms with E-state index in [1.807, 2.05) is 0 Å². The first-order valence-corrected chi connectivity index (χ1v) is 4.76. The van der Waals surface area contributed by atoms with Gasteiger partial charge in [-0.3, -0.25) is 19.3 Å². The smallest absolute Gasteiger partial charge is 0.307 e. The summed E-state index contributed by atoms with van der Waals surface area (Å²) in [4.78, 5) is 34.7. The third-order valence-electron chi connectivity index (χ3n) is 2.03. The predicted molar refractivity (Wildman–Crippen MR) is 51.7 cm³/mol. The molecule has 82 valence electrons. The second-order valence-electron chi connectivity index (χ2n) is 3.18. The van der Waals surface area contributed by atoms with Crippen molar-refractivity contribution in [2.45, 2.75) is 20.3 Å². The van der Waals surface area contributed by atoms with Crippen LogP contribution in [-0.4, -0.2) is 35.8 Å². The van der Waals surface area contributed by atoms with Crippen LogP contribution in [0.3, 0.4) is 0 Å². The molecule has 0 aromatic carbocycles. The number of hydrogen-bond donors (Lipinski definition) is 0. The molecule has 1 aliphatic heterocycles. The van der Waals surface area contributed by atoms with Gasteiger partial charge in [-0.05, 0) is 13.8 Å². The van der Waals surface area contributed by atoms with E-state index in [0.29, 0.717) is 12.2 Å². The van der Waals surface area contributed by atoms with E-state index in [1.54, 1.807) is 13.8 Å². The van der Waals surface area contributed by atoms with Crippen molar-refractivity contribution in [3.8, 4) is 0 Å². The van der Waals surface area contributed by atoms with E-state index >= 15 is 0 Å². The SMILES string of the molecule is CCOC(=O)CCN1C(=O)C=C(C)C1=O. The van der Waals surface area contributed by atoms with Gasteiger partial charge in [0.2, 0.25) is 0 Å². The highest BCUT2D eigenvalue weighted by Crippen LogP contribution is 2.12. The molecule has 5 nitrogen and oxygen atoms in total. The van der Waals surface area contributed by atoms with Crippen LogP contribution in [0.5, 0.6) is 0 Å². The Morgan fingerprint density at radius 3 is 2.60 bits per heavy atom. The minimum absolute atomic E-state index is 0.0481. The molecule has 0 aromatic rings. The highest BCUT2D eigenvalue weighted by atomic mass is 16.5. The second kappa shape index (κ2) is 4.72. The van der Waals surface area contributed by atoms with E-state index < -0.39 is 5.97 Å². The van der Waals surface area contributed by atoms with Crippen molar-refractivity contribution in [1.82, 2.24) is 4.90 Å². The molecule has 0 aliphatic carbocycles. The molecular weight excluding hydrogens is 198 g/mol. The van der Waals surface area contributed by atoms with Gasteiger partial charge in [-0.15, -0.1) is 0 Å². The number of rotatable bonds is 4. The average Bonchev–Trinajstić information content (AvgIpc) is 2.40. The number of carbonyl (C=O) groups is 3. The molecular formula is C10H13NO4. The van der Waals surface area contributed by atoms with Gasteiger partial charge in [0.05, 0.1) is 13.0 Å². The van der Waals surface area contributed by atoms with Gasteiger partial charge in [0.25, 0.3) is 11.8 Å². The molecule has 1 rings (SSSR count). The van der Waals surface area contributed by atoms with Crippen LogP contribution in [0.2, 0.25) is 0 Å². The maximum absolute atomic E-state index is 11.4. The predicted octanol–water partition coefficient (Wildman–Crippen LogP) is 0.255. The molecule has 0 bridgehead atoms. The van der Waals surface area contributed by atoms with Crippen molar-refractivity contribution in [1.29, 1.82) is 0 Å². The van der Waals surface area contributed by atoms with Crippen molar-refractivity contribution in [3.63, 3.8) is 0 Å². The lowest BCUT2D eigenvalue weighted by Gasteiger charge is -2.13. The maximum Gasteiger partial charge on any atom is 0.307 e. The molecule has 1 aliphatic rings. The highest BCUT2D eigenvalue weighted by molar-refractivity contribution is 6.15. The molecule has 0 unspecified atom stereocenters. The minimum Gasteiger partial charge on any atom is -0.466 e. The van der Waals surface area contributed by atoms with Gasteiger partial charge >= 0.3 is 5.97 Å². The van der Waals surface area contributed by atoms with E-state index in [2.05, 4.69) is 0 Å². The molecule has 0 aromatic heterocycles. The molecule has 0 atom stereocenters. The van der Waals surface area contributed by atoms with Crippen LogP contribution in [0, 0.1) is 0 Å². The molecule has 1 heterocycles. The van der Waals surface area contributed by atoms with Crippen LogP contribution >= 0.6 is 0 Å². The quantitative estimate of drug-likeness (QED) is 0.494. The maximum atomic E-state index is 11.4. The van der Waals surface area contributed by atoms with Crippen LogP contribution in [-0.2, 0) is 19.1 Å². The Morgan fingerprint density at radius 2 is 2.13 bits per heavy atom. The summed E-state index contributed by atoms with van der Waals surface area (Å²) in [6.07, 6.45) is 1.32. The molecule has 15 heavy (non-hydrogen) atoms. The third kappa shape index (κ3) is 2.65. The Balaban J connectivity index is 2.44. The topological polar surface area (TPSA) is 63.7 Å². The van der Waals surface area contributed by atoms with Gasteiger partial charge in [0, 0.05) is 18.2 Å². The normalized spacial score (nSPS) is 15.6. The number of esters is 1. The number of nitrogens with zero attached hydrogens (tertiary/aromatic N) is 1. The molecule has 0 N–H and O–H groups in total. The number of imide groups is 1. The van der Waals surface area contributed by atoms with Crippen molar-refractivity contribution in [2.75, 3.05) is 13.2 Å². The summed E-state index contributed by atoms with van der Waals surface area (Å²) in [5, 5.41) is 0. The standard InChI is InChI=1S/C10H13NO4/c1-3-15-9(13)4-5-11-8(12)6-7(2)10(11)14/h6H,3-5H2,1-2H3. The van der Waals surface area contributed by atoms with E-state index in [-0.39, 0.29) is 24.8 Å². The van der Waals surface area contributed by atoms with Gasteiger partial charge in [-0.1, -0.05) is 0 Å². The van der Waals surface area contributed by atoms with E-state index in [4.69, 9.17) is 4.74 Å². The fraction of sp³-hybridized carbons (Fsp3) is 0.500. The van der Waals surface area contributed by atoms with Gasteiger partial charge in [0.15, 0.2) is 0 Å². The Labute approximate surface area is 87.7 Å². The van der Waals surface area contributed by atoms with Crippen LogP contribution in [0.15, 0.2) is 11.6 Å². The molecule has 0 spiro atoms. The molecule has 0 saturated carbocycles. The summed E-state index contributed by atoms with van der Waals surface area (Å²) >= 11 is 0. The first-order chi connectivity index (χ1) is 7.06. The summed E-state index contributed by atoms with van der Waals surface area (Å²) in [6, 6.07) is 0. The number of ether oxygens (including phenoxy) is 1. The van der Waals surface area contributed by atoms with Gasteiger partial charge in [-0.2, -0.15) is 0 Å². The minimum atomic E-state index is -0.400. The summed E-state index contributed by atoms with van der Waals surface area (Å²) in [7, 11) is 0. The summed E-state index contributed by atoms with van der Waals surface area (Å²) < 4.78 is 4.69. The zero-order chi connectivity index (χ0) is 11.4. The lowest BCUT2D eigenvalue weighted by atomic mass is 10.3. The van der Waals surface area contributed by atoms with Crippen LogP contribution in [0.25, 0.3) is 0 Å². The van der Waals surface area contributed by atoms with Gasteiger partial charge in [0.1, 0.15) is 0 Å². The summed E-state index contributed by atoms with van der Waals surface area (Å²) in [6.45, 7) is 3.67. The van der Waals surface area contributed by atoms with Crippen molar-refractivity contribution in [3.05, 3.63) is 11.6 Å². The van der Waals surface area contributed by atoms with E-state index in [0.717, 1.165) is 4.90 Å². The fourth-order valence-corrected chi connectivity index (χ4v) is 1.29.